The Bertz CT molecular complexity index is 698. The number of benzene rings is 2. The van der Waals surface area contributed by atoms with Crippen molar-refractivity contribution in [2.45, 2.75) is 0 Å². The number of para-hydroxylation sites is 1. The summed E-state index contributed by atoms with van der Waals surface area (Å²) in [6, 6.07) is 14.9. The fourth-order valence-electron chi connectivity index (χ4n) is 1.70. The molecule has 0 radical (unpaired) electrons. The SMILES string of the molecule is O=c1[nH]c2ccc(Oc3ccccc3)cc2[nH]1. The van der Waals surface area contributed by atoms with Gasteiger partial charge in [-0.2, -0.15) is 0 Å². The molecule has 4 nitrogen and oxygen atoms in total. The normalized spacial score (nSPS) is 10.6. The van der Waals surface area contributed by atoms with E-state index in [1.165, 1.54) is 0 Å². The summed E-state index contributed by atoms with van der Waals surface area (Å²) in [5.74, 6) is 1.46. The lowest BCUT2D eigenvalue weighted by molar-refractivity contribution is 0.483. The molecule has 17 heavy (non-hydrogen) atoms. The van der Waals surface area contributed by atoms with E-state index in [-0.39, 0.29) is 5.69 Å². The summed E-state index contributed by atoms with van der Waals surface area (Å²) in [5.41, 5.74) is 1.30. The molecule has 84 valence electrons. The molecule has 1 aromatic heterocycles. The average molecular weight is 226 g/mol. The molecule has 1 heterocycles. The molecule has 3 rings (SSSR count). The highest BCUT2D eigenvalue weighted by atomic mass is 16.5. The van der Waals surface area contributed by atoms with Crippen molar-refractivity contribution in [3.63, 3.8) is 0 Å². The van der Waals surface area contributed by atoms with Crippen LogP contribution >= 0.6 is 0 Å². The number of fused-ring (bicyclic) bond motifs is 1. The zero-order valence-corrected chi connectivity index (χ0v) is 8.94. The Morgan fingerprint density at radius 2 is 1.59 bits per heavy atom. The fraction of sp³-hybridized carbons (Fsp3) is 0. The van der Waals surface area contributed by atoms with Crippen molar-refractivity contribution >= 4 is 11.0 Å². The lowest BCUT2D eigenvalue weighted by Gasteiger charge is -2.04. The summed E-state index contributed by atoms with van der Waals surface area (Å²) >= 11 is 0. The Labute approximate surface area is 96.9 Å². The van der Waals surface area contributed by atoms with Gasteiger partial charge in [-0.25, -0.2) is 4.79 Å². The number of H-pyrrole nitrogens is 2. The van der Waals surface area contributed by atoms with Gasteiger partial charge in [0.1, 0.15) is 11.5 Å². The molecule has 0 bridgehead atoms. The van der Waals surface area contributed by atoms with E-state index in [4.69, 9.17) is 4.74 Å². The first-order chi connectivity index (χ1) is 8.31. The molecule has 0 unspecified atom stereocenters. The topological polar surface area (TPSA) is 57.9 Å². The van der Waals surface area contributed by atoms with Crippen molar-refractivity contribution in [3.05, 3.63) is 59.0 Å². The Kier molecular flexibility index (Phi) is 2.19. The van der Waals surface area contributed by atoms with Gasteiger partial charge in [0.25, 0.3) is 0 Å². The van der Waals surface area contributed by atoms with Gasteiger partial charge < -0.3 is 14.7 Å². The van der Waals surface area contributed by atoms with Gasteiger partial charge in [0.05, 0.1) is 11.0 Å². The van der Waals surface area contributed by atoms with Crippen LogP contribution in [0.4, 0.5) is 0 Å². The molecule has 2 N–H and O–H groups in total. The molecule has 0 spiro atoms. The number of rotatable bonds is 2. The van der Waals surface area contributed by atoms with E-state index in [0.29, 0.717) is 5.75 Å². The van der Waals surface area contributed by atoms with Gasteiger partial charge >= 0.3 is 5.69 Å². The second-order valence-electron chi connectivity index (χ2n) is 3.70. The third kappa shape index (κ3) is 1.92. The number of aromatic nitrogens is 2. The molecule has 2 aromatic carbocycles. The highest BCUT2D eigenvalue weighted by Gasteiger charge is 2.01. The van der Waals surface area contributed by atoms with Gasteiger partial charge in [-0.15, -0.1) is 0 Å². The molecule has 4 heteroatoms. The lowest BCUT2D eigenvalue weighted by atomic mass is 10.3. The summed E-state index contributed by atoms with van der Waals surface area (Å²) in [5, 5.41) is 0. The number of ether oxygens (including phenoxy) is 1. The van der Waals surface area contributed by atoms with Crippen LogP contribution in [-0.4, -0.2) is 9.97 Å². The Balaban J connectivity index is 1.98. The van der Waals surface area contributed by atoms with Crippen LogP contribution in [0.5, 0.6) is 11.5 Å². The zero-order valence-electron chi connectivity index (χ0n) is 8.94. The number of aromatic amines is 2. The monoisotopic (exact) mass is 226 g/mol. The van der Waals surface area contributed by atoms with Crippen molar-refractivity contribution in [2.24, 2.45) is 0 Å². The molecular weight excluding hydrogens is 216 g/mol. The molecule has 0 fully saturated rings. The zero-order chi connectivity index (χ0) is 11.7. The van der Waals surface area contributed by atoms with Crippen molar-refractivity contribution in [1.82, 2.24) is 9.97 Å². The van der Waals surface area contributed by atoms with Gasteiger partial charge in [0.15, 0.2) is 0 Å². The third-order valence-corrected chi connectivity index (χ3v) is 2.47. The maximum absolute atomic E-state index is 11.1. The molecule has 0 aliphatic heterocycles. The van der Waals surface area contributed by atoms with Gasteiger partial charge in [-0.3, -0.25) is 0 Å². The van der Waals surface area contributed by atoms with Gasteiger partial charge in [0.2, 0.25) is 0 Å². The molecule has 0 aliphatic rings. The first kappa shape index (κ1) is 9.72. The highest BCUT2D eigenvalue weighted by Crippen LogP contribution is 2.23. The van der Waals surface area contributed by atoms with E-state index in [2.05, 4.69) is 9.97 Å². The number of hydrogen-bond acceptors (Lipinski definition) is 2. The minimum absolute atomic E-state index is 0.211. The van der Waals surface area contributed by atoms with E-state index in [0.717, 1.165) is 16.8 Å². The standard InChI is InChI=1S/C13H10N2O2/c16-13-14-11-7-6-10(8-12(11)15-13)17-9-4-2-1-3-5-9/h1-8H,(H2,14,15,16). The van der Waals surface area contributed by atoms with E-state index >= 15 is 0 Å². The van der Waals surface area contributed by atoms with Crippen molar-refractivity contribution in [2.75, 3.05) is 0 Å². The maximum Gasteiger partial charge on any atom is 0.323 e. The summed E-state index contributed by atoms with van der Waals surface area (Å²) in [4.78, 5) is 16.5. The summed E-state index contributed by atoms with van der Waals surface area (Å²) in [6.07, 6.45) is 0. The molecule has 0 amide bonds. The van der Waals surface area contributed by atoms with Crippen molar-refractivity contribution in [3.8, 4) is 11.5 Å². The summed E-state index contributed by atoms with van der Waals surface area (Å²) < 4.78 is 5.66. The summed E-state index contributed by atoms with van der Waals surface area (Å²) in [7, 11) is 0. The van der Waals surface area contributed by atoms with Gasteiger partial charge in [-0.1, -0.05) is 18.2 Å². The van der Waals surface area contributed by atoms with Crippen LogP contribution in [0.25, 0.3) is 11.0 Å². The molecule has 0 saturated heterocycles. The van der Waals surface area contributed by atoms with Crippen LogP contribution in [0.3, 0.4) is 0 Å². The molecule has 0 aliphatic carbocycles. The van der Waals surface area contributed by atoms with E-state index in [1.54, 1.807) is 6.07 Å². The molecular formula is C13H10N2O2. The smallest absolute Gasteiger partial charge is 0.323 e. The average Bonchev–Trinajstić information content (AvgIpc) is 2.70. The minimum Gasteiger partial charge on any atom is -0.457 e. The van der Waals surface area contributed by atoms with Crippen LogP contribution < -0.4 is 10.4 Å². The Morgan fingerprint density at radius 1 is 0.824 bits per heavy atom. The summed E-state index contributed by atoms with van der Waals surface area (Å²) in [6.45, 7) is 0. The first-order valence-electron chi connectivity index (χ1n) is 5.26. The quantitative estimate of drug-likeness (QED) is 0.705. The van der Waals surface area contributed by atoms with Crippen LogP contribution in [0, 0.1) is 0 Å². The third-order valence-electron chi connectivity index (χ3n) is 2.47. The van der Waals surface area contributed by atoms with E-state index < -0.39 is 0 Å². The second kappa shape index (κ2) is 3.83. The van der Waals surface area contributed by atoms with Crippen LogP contribution in [-0.2, 0) is 0 Å². The van der Waals surface area contributed by atoms with Crippen molar-refractivity contribution < 1.29 is 4.74 Å². The molecule has 0 saturated carbocycles. The maximum atomic E-state index is 11.1. The molecule has 0 atom stereocenters. The largest absolute Gasteiger partial charge is 0.457 e. The minimum atomic E-state index is -0.211. The number of hydrogen-bond donors (Lipinski definition) is 2. The van der Waals surface area contributed by atoms with E-state index in [1.807, 2.05) is 42.5 Å². The van der Waals surface area contributed by atoms with Crippen molar-refractivity contribution in [1.29, 1.82) is 0 Å². The predicted octanol–water partition coefficient (Wildman–Crippen LogP) is 2.65. The Morgan fingerprint density at radius 3 is 2.41 bits per heavy atom. The second-order valence-corrected chi connectivity index (χ2v) is 3.70. The van der Waals surface area contributed by atoms with Crippen LogP contribution in [0.15, 0.2) is 53.3 Å². The van der Waals surface area contributed by atoms with Crippen LogP contribution in [0.2, 0.25) is 0 Å². The van der Waals surface area contributed by atoms with Gasteiger partial charge in [0, 0.05) is 6.07 Å². The first-order valence-corrected chi connectivity index (χ1v) is 5.26. The fourth-order valence-corrected chi connectivity index (χ4v) is 1.70. The molecule has 3 aromatic rings. The van der Waals surface area contributed by atoms with Gasteiger partial charge in [-0.05, 0) is 24.3 Å². The number of imidazole rings is 1. The lowest BCUT2D eigenvalue weighted by Crippen LogP contribution is -1.99. The Hall–Kier alpha value is -2.49. The predicted molar refractivity (Wildman–Crippen MR) is 65.4 cm³/mol. The number of nitrogens with one attached hydrogen (secondary N) is 2. The van der Waals surface area contributed by atoms with E-state index in [9.17, 15) is 4.79 Å². The highest BCUT2D eigenvalue weighted by molar-refractivity contribution is 5.76. The van der Waals surface area contributed by atoms with Crippen LogP contribution in [0.1, 0.15) is 0 Å².